The highest BCUT2D eigenvalue weighted by molar-refractivity contribution is 5.98. The fourth-order valence-electron chi connectivity index (χ4n) is 3.13. The molecule has 0 spiro atoms. The number of nitrogens with two attached hydrogens (primary N) is 1. The van der Waals surface area contributed by atoms with E-state index in [0.29, 0.717) is 36.0 Å². The Morgan fingerprint density at radius 3 is 2.45 bits per heavy atom. The molecule has 0 aliphatic carbocycles. The third kappa shape index (κ3) is 7.14. The maximum atomic E-state index is 12.5. The lowest BCUT2D eigenvalue weighted by Crippen LogP contribution is -2.35. The number of rotatable bonds is 9. The minimum Gasteiger partial charge on any atom is -0.507 e. The van der Waals surface area contributed by atoms with Gasteiger partial charge in [0.2, 0.25) is 5.91 Å². The zero-order chi connectivity index (χ0) is 22.1. The lowest BCUT2D eigenvalue weighted by molar-refractivity contribution is -0.117. The molecule has 0 heterocycles. The number of aromatic hydroxyl groups is 2. The van der Waals surface area contributed by atoms with Crippen LogP contribution < -0.4 is 11.1 Å². The molecule has 2 aromatic carbocycles. The number of phenols is 2. The van der Waals surface area contributed by atoms with E-state index in [1.807, 2.05) is 38.1 Å². The number of carbonyl (C=O) groups is 1. The first kappa shape index (κ1) is 26.2. The van der Waals surface area contributed by atoms with Gasteiger partial charge in [-0.25, -0.2) is 0 Å². The van der Waals surface area contributed by atoms with E-state index in [0.717, 1.165) is 5.56 Å². The van der Waals surface area contributed by atoms with E-state index in [-0.39, 0.29) is 36.2 Å². The van der Waals surface area contributed by atoms with E-state index >= 15 is 0 Å². The molecule has 6 nitrogen and oxygen atoms in total. The fourth-order valence-corrected chi connectivity index (χ4v) is 3.13. The summed E-state index contributed by atoms with van der Waals surface area (Å²) < 4.78 is 0. The molecule has 0 aliphatic heterocycles. The number of amides is 1. The Morgan fingerprint density at radius 2 is 1.81 bits per heavy atom. The van der Waals surface area contributed by atoms with Crippen LogP contribution in [-0.4, -0.2) is 33.9 Å². The first-order valence-electron chi connectivity index (χ1n) is 10.0. The Balaban J connectivity index is 0.00000480. The Hall–Kier alpha value is -2.80. The van der Waals surface area contributed by atoms with Gasteiger partial charge in [-0.2, -0.15) is 0 Å². The van der Waals surface area contributed by atoms with Crippen LogP contribution in [0.1, 0.15) is 44.2 Å². The number of allylic oxidation sites excluding steroid dienone is 2. The van der Waals surface area contributed by atoms with Crippen molar-refractivity contribution >= 4 is 36.2 Å². The third-order valence-corrected chi connectivity index (χ3v) is 4.69. The second-order valence-electron chi connectivity index (χ2n) is 7.05. The molecule has 0 saturated heterocycles. The number of anilines is 1. The van der Waals surface area contributed by atoms with Crippen molar-refractivity contribution in [1.29, 1.82) is 0 Å². The van der Waals surface area contributed by atoms with Crippen molar-refractivity contribution in [3.8, 4) is 22.6 Å². The summed E-state index contributed by atoms with van der Waals surface area (Å²) in [5.41, 5.74) is 8.87. The van der Waals surface area contributed by atoms with Gasteiger partial charge in [-0.15, -0.1) is 12.4 Å². The number of benzene rings is 2. The molecule has 0 fully saturated rings. The summed E-state index contributed by atoms with van der Waals surface area (Å²) in [6, 6.07) is 7.82. The van der Waals surface area contributed by atoms with Crippen molar-refractivity contribution in [3.63, 3.8) is 0 Å². The highest BCUT2D eigenvalue weighted by atomic mass is 35.5. The predicted octanol–water partition coefficient (Wildman–Crippen LogP) is 4.68. The normalized spacial score (nSPS) is 12.1. The maximum Gasteiger partial charge on any atom is 0.241 e. The van der Waals surface area contributed by atoms with E-state index in [1.165, 1.54) is 0 Å². The van der Waals surface area contributed by atoms with Gasteiger partial charge in [-0.1, -0.05) is 30.4 Å². The average Bonchev–Trinajstić information content (AvgIpc) is 2.72. The van der Waals surface area contributed by atoms with Gasteiger partial charge in [-0.05, 0) is 68.5 Å². The molecular weight excluding hydrogens is 416 g/mol. The lowest BCUT2D eigenvalue weighted by Gasteiger charge is -2.16. The van der Waals surface area contributed by atoms with E-state index < -0.39 is 11.9 Å². The Morgan fingerprint density at radius 1 is 1.10 bits per heavy atom. The molecule has 0 radical (unpaired) electrons. The van der Waals surface area contributed by atoms with Crippen molar-refractivity contribution in [2.75, 3.05) is 11.9 Å². The molecule has 2 aromatic rings. The maximum absolute atomic E-state index is 12.5. The van der Waals surface area contributed by atoms with Crippen LogP contribution in [0.25, 0.3) is 23.3 Å². The SMILES string of the molecule is CC=Cc1cc(NC(=O)[C@@H](N)CCCCO)c(O)c(-c2ccc(O)c(C=CC)c2)c1.Cl. The first-order valence-corrected chi connectivity index (χ1v) is 10.0. The molecule has 0 aliphatic rings. The molecule has 0 saturated carbocycles. The number of unbranched alkanes of at least 4 members (excludes halogenated alkanes) is 1. The monoisotopic (exact) mass is 446 g/mol. The average molecular weight is 447 g/mol. The second-order valence-corrected chi connectivity index (χ2v) is 7.05. The van der Waals surface area contributed by atoms with Gasteiger partial charge in [0.25, 0.3) is 0 Å². The number of carbonyl (C=O) groups excluding carboxylic acids is 1. The van der Waals surface area contributed by atoms with Gasteiger partial charge < -0.3 is 26.4 Å². The third-order valence-electron chi connectivity index (χ3n) is 4.69. The number of aliphatic hydroxyl groups is 1. The van der Waals surface area contributed by atoms with Crippen LogP contribution in [0.15, 0.2) is 42.5 Å². The van der Waals surface area contributed by atoms with Crippen LogP contribution >= 0.6 is 12.4 Å². The number of aliphatic hydroxyl groups excluding tert-OH is 1. The van der Waals surface area contributed by atoms with Crippen molar-refractivity contribution in [2.24, 2.45) is 5.73 Å². The largest absolute Gasteiger partial charge is 0.507 e. The molecule has 0 bridgehead atoms. The number of phenolic OH excluding ortho intramolecular Hbond substituents is 2. The van der Waals surface area contributed by atoms with Gasteiger partial charge in [-0.3, -0.25) is 4.79 Å². The standard InChI is InChI=1S/C24H30N2O4.ClH/c1-3-7-16-13-19(17-10-11-22(28)18(15-17)8-4-2)23(29)21(14-16)26-24(30)20(25)9-5-6-12-27;/h3-4,7-8,10-11,13-15,20,27-29H,5-6,9,12,25H2,1-2H3,(H,26,30);1H/t20-;/m0./s1. The van der Waals surface area contributed by atoms with Gasteiger partial charge in [0.1, 0.15) is 11.5 Å². The molecule has 1 atom stereocenters. The van der Waals surface area contributed by atoms with Crippen LogP contribution in [0.2, 0.25) is 0 Å². The molecule has 6 N–H and O–H groups in total. The summed E-state index contributed by atoms with van der Waals surface area (Å²) in [5, 5.41) is 32.5. The number of hydrogen-bond acceptors (Lipinski definition) is 5. The van der Waals surface area contributed by atoms with Crippen LogP contribution in [0.4, 0.5) is 5.69 Å². The van der Waals surface area contributed by atoms with E-state index in [4.69, 9.17) is 10.8 Å². The molecule has 168 valence electrons. The van der Waals surface area contributed by atoms with Gasteiger partial charge in [0, 0.05) is 17.7 Å². The van der Waals surface area contributed by atoms with Crippen molar-refractivity contribution in [3.05, 3.63) is 53.6 Å². The van der Waals surface area contributed by atoms with Gasteiger partial charge in [0.05, 0.1) is 11.7 Å². The molecule has 0 unspecified atom stereocenters. The van der Waals surface area contributed by atoms with Crippen molar-refractivity contribution in [1.82, 2.24) is 0 Å². The minimum atomic E-state index is -0.736. The Bertz CT molecular complexity index is 941. The predicted molar refractivity (Wildman–Crippen MR) is 129 cm³/mol. The highest BCUT2D eigenvalue weighted by Gasteiger charge is 2.18. The summed E-state index contributed by atoms with van der Waals surface area (Å²) in [4.78, 5) is 12.5. The fraction of sp³-hybridized carbons (Fsp3) is 0.292. The Kier molecular flexibility index (Phi) is 10.8. The zero-order valence-electron chi connectivity index (χ0n) is 17.8. The second kappa shape index (κ2) is 12.8. The van der Waals surface area contributed by atoms with Gasteiger partial charge >= 0.3 is 0 Å². The Labute approximate surface area is 189 Å². The summed E-state index contributed by atoms with van der Waals surface area (Å²) >= 11 is 0. The summed E-state index contributed by atoms with van der Waals surface area (Å²) in [6.07, 6.45) is 9.00. The first-order chi connectivity index (χ1) is 14.4. The number of halogens is 1. The zero-order valence-corrected chi connectivity index (χ0v) is 18.7. The van der Waals surface area contributed by atoms with Crippen LogP contribution in [-0.2, 0) is 4.79 Å². The quantitative estimate of drug-likeness (QED) is 0.283. The highest BCUT2D eigenvalue weighted by Crippen LogP contribution is 2.39. The topological polar surface area (TPSA) is 116 Å². The van der Waals surface area contributed by atoms with E-state index in [2.05, 4.69) is 5.32 Å². The molecule has 31 heavy (non-hydrogen) atoms. The number of hydrogen-bond donors (Lipinski definition) is 5. The van der Waals surface area contributed by atoms with Crippen molar-refractivity contribution in [2.45, 2.75) is 39.2 Å². The molecule has 0 aromatic heterocycles. The number of nitrogens with one attached hydrogen (secondary N) is 1. The summed E-state index contributed by atoms with van der Waals surface area (Å²) in [5.74, 6) is -0.327. The summed E-state index contributed by atoms with van der Waals surface area (Å²) in [6.45, 7) is 3.80. The van der Waals surface area contributed by atoms with Crippen LogP contribution in [0.3, 0.4) is 0 Å². The van der Waals surface area contributed by atoms with E-state index in [1.54, 1.807) is 30.3 Å². The van der Waals surface area contributed by atoms with Gasteiger partial charge in [0.15, 0.2) is 0 Å². The lowest BCUT2D eigenvalue weighted by atomic mass is 9.97. The molecule has 1 amide bonds. The molecule has 2 rings (SSSR count). The molecular formula is C24H31ClN2O4. The summed E-state index contributed by atoms with van der Waals surface area (Å²) in [7, 11) is 0. The minimum absolute atomic E-state index is 0. The van der Waals surface area contributed by atoms with E-state index in [9.17, 15) is 15.0 Å². The van der Waals surface area contributed by atoms with Crippen LogP contribution in [0, 0.1) is 0 Å². The molecule has 7 heteroatoms. The van der Waals surface area contributed by atoms with Crippen molar-refractivity contribution < 1.29 is 20.1 Å². The van der Waals surface area contributed by atoms with Crippen LogP contribution in [0.5, 0.6) is 11.5 Å². The smallest absolute Gasteiger partial charge is 0.241 e.